The summed E-state index contributed by atoms with van der Waals surface area (Å²) in [6.45, 7) is 3.28. The quantitative estimate of drug-likeness (QED) is 0.833. The van der Waals surface area contributed by atoms with Gasteiger partial charge in [0.2, 0.25) is 5.58 Å². The van der Waals surface area contributed by atoms with E-state index >= 15 is 4.39 Å². The highest BCUT2D eigenvalue weighted by Crippen LogP contribution is 2.36. The third-order valence-electron chi connectivity index (χ3n) is 5.32. The van der Waals surface area contributed by atoms with Crippen molar-refractivity contribution >= 4 is 22.6 Å². The van der Waals surface area contributed by atoms with Crippen LogP contribution in [0.4, 0.5) is 18.9 Å². The number of carbonyl (C=O) groups is 1. The Morgan fingerprint density at radius 1 is 1.34 bits per heavy atom. The van der Waals surface area contributed by atoms with Crippen molar-refractivity contribution in [3.05, 3.63) is 23.1 Å². The molecule has 7 nitrogen and oxygen atoms in total. The van der Waals surface area contributed by atoms with Gasteiger partial charge in [0.25, 0.3) is 11.8 Å². The van der Waals surface area contributed by atoms with Gasteiger partial charge < -0.3 is 24.2 Å². The first-order chi connectivity index (χ1) is 13.7. The number of alkyl halides is 2. The lowest BCUT2D eigenvalue weighted by molar-refractivity contribution is -0.00550. The van der Waals surface area contributed by atoms with Gasteiger partial charge in [0, 0.05) is 31.6 Å². The number of anilines is 1. The fraction of sp³-hybridized carbons (Fsp3) is 0.579. The standard InChI is InChI=1S/C19H22F3N3O4/c1-10-6-25(7-11(2)28-10)16-12(8-26)5-13-15(23-29-17(13)14(16)20)18(27)24-4-3-19(21,22)9-24/h5,10-11,26H,3-4,6-9H2,1-2H3. The lowest BCUT2D eigenvalue weighted by Gasteiger charge is -2.37. The summed E-state index contributed by atoms with van der Waals surface area (Å²) in [5.41, 5.74) is -0.0370. The largest absolute Gasteiger partial charge is 0.392 e. The van der Waals surface area contributed by atoms with Gasteiger partial charge in [-0.05, 0) is 19.9 Å². The van der Waals surface area contributed by atoms with Crippen LogP contribution < -0.4 is 4.90 Å². The second-order valence-electron chi connectivity index (χ2n) is 7.76. The van der Waals surface area contributed by atoms with Crippen molar-refractivity contribution < 1.29 is 32.3 Å². The Morgan fingerprint density at radius 2 is 2.03 bits per heavy atom. The highest BCUT2D eigenvalue weighted by atomic mass is 19.3. The predicted octanol–water partition coefficient (Wildman–Crippen LogP) is 2.55. The molecular formula is C19H22F3N3O4. The lowest BCUT2D eigenvalue weighted by atomic mass is 10.0. The van der Waals surface area contributed by atoms with Gasteiger partial charge in [-0.1, -0.05) is 5.16 Å². The Hall–Kier alpha value is -2.33. The second kappa shape index (κ2) is 7.17. The van der Waals surface area contributed by atoms with Gasteiger partial charge in [-0.2, -0.15) is 0 Å². The van der Waals surface area contributed by atoms with Crippen LogP contribution in [0.15, 0.2) is 10.6 Å². The number of morpholine rings is 1. The molecule has 4 rings (SSSR count). The summed E-state index contributed by atoms with van der Waals surface area (Å²) in [6, 6.07) is 1.44. The number of benzene rings is 1. The van der Waals surface area contributed by atoms with Gasteiger partial charge in [0.15, 0.2) is 11.5 Å². The zero-order valence-electron chi connectivity index (χ0n) is 16.1. The molecule has 0 bridgehead atoms. The van der Waals surface area contributed by atoms with E-state index in [1.165, 1.54) is 6.07 Å². The third kappa shape index (κ3) is 3.55. The van der Waals surface area contributed by atoms with Crippen LogP contribution in [0.5, 0.6) is 0 Å². The van der Waals surface area contributed by atoms with E-state index in [4.69, 9.17) is 9.26 Å². The van der Waals surface area contributed by atoms with Gasteiger partial charge in [-0.3, -0.25) is 4.79 Å². The van der Waals surface area contributed by atoms with Crippen LogP contribution in [0.3, 0.4) is 0 Å². The van der Waals surface area contributed by atoms with Crippen LogP contribution in [-0.2, 0) is 11.3 Å². The molecular weight excluding hydrogens is 391 g/mol. The number of nitrogens with zero attached hydrogens (tertiary/aromatic N) is 3. The third-order valence-corrected chi connectivity index (χ3v) is 5.32. The number of fused-ring (bicyclic) bond motifs is 1. The first-order valence-corrected chi connectivity index (χ1v) is 9.49. The van der Waals surface area contributed by atoms with Crippen LogP contribution >= 0.6 is 0 Å². The van der Waals surface area contributed by atoms with E-state index in [9.17, 15) is 18.7 Å². The van der Waals surface area contributed by atoms with Gasteiger partial charge in [-0.25, -0.2) is 13.2 Å². The zero-order valence-corrected chi connectivity index (χ0v) is 16.1. The van der Waals surface area contributed by atoms with Crippen molar-refractivity contribution in [1.29, 1.82) is 0 Å². The number of aliphatic hydroxyl groups excluding tert-OH is 1. The van der Waals surface area contributed by atoms with Crippen molar-refractivity contribution in [3.8, 4) is 0 Å². The molecule has 0 aliphatic carbocycles. The summed E-state index contributed by atoms with van der Waals surface area (Å²) >= 11 is 0. The number of aromatic nitrogens is 1. The highest BCUT2D eigenvalue weighted by molar-refractivity contribution is 6.05. The summed E-state index contributed by atoms with van der Waals surface area (Å²) in [5.74, 6) is -4.44. The number of amides is 1. The second-order valence-corrected chi connectivity index (χ2v) is 7.76. The summed E-state index contributed by atoms with van der Waals surface area (Å²) < 4.78 is 53.1. The van der Waals surface area contributed by atoms with Gasteiger partial charge in [0.1, 0.15) is 0 Å². The van der Waals surface area contributed by atoms with Crippen LogP contribution in [0.25, 0.3) is 11.0 Å². The molecule has 0 saturated carbocycles. The Labute approximate surface area is 165 Å². The van der Waals surface area contributed by atoms with E-state index in [2.05, 4.69) is 5.16 Å². The molecule has 10 heteroatoms. The van der Waals surface area contributed by atoms with E-state index < -0.39 is 37.2 Å². The van der Waals surface area contributed by atoms with Crippen molar-refractivity contribution in [3.63, 3.8) is 0 Å². The molecule has 2 unspecified atom stereocenters. The summed E-state index contributed by atoms with van der Waals surface area (Å²) in [6.07, 6.45) is -0.698. The molecule has 2 atom stereocenters. The minimum Gasteiger partial charge on any atom is -0.392 e. The fourth-order valence-electron chi connectivity index (χ4n) is 4.12. The number of likely N-dealkylation sites (tertiary alicyclic amines) is 1. The topological polar surface area (TPSA) is 79.0 Å². The Bertz CT molecular complexity index is 938. The van der Waals surface area contributed by atoms with E-state index in [0.717, 1.165) is 4.90 Å². The minimum atomic E-state index is -2.95. The SMILES string of the molecule is CC1CN(c2c(CO)cc3c(C(=O)N4CCC(F)(F)C4)noc3c2F)CC(C)O1. The molecule has 2 aliphatic heterocycles. The summed E-state index contributed by atoms with van der Waals surface area (Å²) in [7, 11) is 0. The normalized spacial score (nSPS) is 24.5. The van der Waals surface area contributed by atoms with Crippen LogP contribution in [-0.4, -0.2) is 65.4 Å². The van der Waals surface area contributed by atoms with E-state index in [1.807, 2.05) is 13.8 Å². The van der Waals surface area contributed by atoms with Gasteiger partial charge in [0.05, 0.1) is 36.4 Å². The van der Waals surface area contributed by atoms with Crippen molar-refractivity contribution in [1.82, 2.24) is 10.1 Å². The molecule has 29 heavy (non-hydrogen) atoms. The number of ether oxygens (including phenoxy) is 1. The Morgan fingerprint density at radius 3 is 2.62 bits per heavy atom. The highest BCUT2D eigenvalue weighted by Gasteiger charge is 2.42. The molecule has 1 aromatic carbocycles. The predicted molar refractivity (Wildman–Crippen MR) is 97.6 cm³/mol. The van der Waals surface area contributed by atoms with Crippen LogP contribution in [0.1, 0.15) is 36.3 Å². The molecule has 2 fully saturated rings. The molecule has 0 spiro atoms. The van der Waals surface area contributed by atoms with E-state index in [1.54, 1.807) is 4.90 Å². The maximum Gasteiger partial charge on any atom is 0.276 e. The van der Waals surface area contributed by atoms with Crippen LogP contribution in [0.2, 0.25) is 0 Å². The maximum absolute atomic E-state index is 15.4. The zero-order chi connectivity index (χ0) is 20.9. The fourth-order valence-corrected chi connectivity index (χ4v) is 4.12. The molecule has 1 N–H and O–H groups in total. The number of aliphatic hydroxyl groups is 1. The first kappa shape index (κ1) is 20.0. The summed E-state index contributed by atoms with van der Waals surface area (Å²) in [5, 5.41) is 13.6. The maximum atomic E-state index is 15.4. The Kier molecular flexibility index (Phi) is 4.94. The van der Waals surface area contributed by atoms with Crippen LogP contribution in [0, 0.1) is 5.82 Å². The average Bonchev–Trinajstić information content (AvgIpc) is 3.23. The number of halogens is 3. The van der Waals surface area contributed by atoms with E-state index in [0.29, 0.717) is 13.1 Å². The number of carbonyl (C=O) groups excluding carboxylic acids is 1. The molecule has 158 valence electrons. The molecule has 2 aromatic rings. The Balaban J connectivity index is 1.74. The average molecular weight is 413 g/mol. The number of hydrogen-bond donors (Lipinski definition) is 1. The summed E-state index contributed by atoms with van der Waals surface area (Å²) in [4.78, 5) is 15.4. The number of rotatable bonds is 3. The molecule has 2 saturated heterocycles. The van der Waals surface area contributed by atoms with Crippen molar-refractivity contribution in [2.24, 2.45) is 0 Å². The molecule has 1 amide bonds. The lowest BCUT2D eigenvalue weighted by Crippen LogP contribution is -2.46. The first-order valence-electron chi connectivity index (χ1n) is 9.49. The van der Waals surface area contributed by atoms with Crippen molar-refractivity contribution in [2.45, 2.75) is 45.0 Å². The molecule has 2 aliphatic rings. The van der Waals surface area contributed by atoms with Gasteiger partial charge in [-0.15, -0.1) is 0 Å². The van der Waals surface area contributed by atoms with E-state index in [-0.39, 0.29) is 46.7 Å². The molecule has 0 radical (unpaired) electrons. The van der Waals surface area contributed by atoms with Gasteiger partial charge >= 0.3 is 0 Å². The molecule has 3 heterocycles. The number of hydrogen-bond acceptors (Lipinski definition) is 6. The monoisotopic (exact) mass is 413 g/mol. The van der Waals surface area contributed by atoms with Crippen molar-refractivity contribution in [2.75, 3.05) is 31.1 Å². The minimum absolute atomic E-state index is 0.0601. The smallest absolute Gasteiger partial charge is 0.276 e. The molecule has 1 aromatic heterocycles.